The molecule has 0 bridgehead atoms. The van der Waals surface area contributed by atoms with E-state index >= 15 is 0 Å². The summed E-state index contributed by atoms with van der Waals surface area (Å²) < 4.78 is 27.1. The topological polar surface area (TPSA) is 27.1 Å². The van der Waals surface area contributed by atoms with Crippen molar-refractivity contribution in [1.82, 2.24) is 0 Å². The highest BCUT2D eigenvalue weighted by Crippen LogP contribution is 2.26. The summed E-state index contributed by atoms with van der Waals surface area (Å²) in [6, 6.07) is 2.37. The van der Waals surface area contributed by atoms with Gasteiger partial charge in [0.15, 0.2) is 0 Å². The van der Waals surface area contributed by atoms with Crippen molar-refractivity contribution in [2.24, 2.45) is 0 Å². The van der Waals surface area contributed by atoms with Crippen molar-refractivity contribution in [3.05, 3.63) is 29.3 Å². The second-order valence-corrected chi connectivity index (χ2v) is 4.11. The zero-order valence-electron chi connectivity index (χ0n) is 9.19. The van der Waals surface area contributed by atoms with Crippen molar-refractivity contribution in [2.75, 3.05) is 11.4 Å². The maximum atomic E-state index is 13.7. The standard InChI is InChI=1S/C12H14F2N2/c1-8-6-10(14)11(7-9(8)13)16-5-3-2-4-12(16)15/h6-7,15H,2-5H2,1H3. The number of benzene rings is 1. The van der Waals surface area contributed by atoms with E-state index in [0.29, 0.717) is 24.4 Å². The summed E-state index contributed by atoms with van der Waals surface area (Å²) in [5, 5.41) is 7.74. The van der Waals surface area contributed by atoms with Gasteiger partial charge >= 0.3 is 0 Å². The van der Waals surface area contributed by atoms with Crippen LogP contribution in [-0.4, -0.2) is 12.4 Å². The Bertz CT molecular complexity index is 429. The highest BCUT2D eigenvalue weighted by molar-refractivity contribution is 5.96. The number of anilines is 1. The number of hydrogen-bond donors (Lipinski definition) is 1. The molecule has 1 aliphatic rings. The van der Waals surface area contributed by atoms with E-state index in [1.54, 1.807) is 4.90 Å². The maximum Gasteiger partial charge on any atom is 0.147 e. The maximum absolute atomic E-state index is 13.7. The van der Waals surface area contributed by atoms with E-state index in [1.807, 2.05) is 0 Å². The van der Waals surface area contributed by atoms with Crippen LogP contribution in [0.15, 0.2) is 12.1 Å². The van der Waals surface area contributed by atoms with Crippen LogP contribution < -0.4 is 4.90 Å². The molecule has 0 amide bonds. The van der Waals surface area contributed by atoms with Crippen LogP contribution in [0.2, 0.25) is 0 Å². The Hall–Kier alpha value is -1.45. The van der Waals surface area contributed by atoms with E-state index in [-0.39, 0.29) is 5.69 Å². The average molecular weight is 224 g/mol. The minimum atomic E-state index is -0.453. The molecule has 1 heterocycles. The lowest BCUT2D eigenvalue weighted by molar-refractivity contribution is 0.587. The lowest BCUT2D eigenvalue weighted by Crippen LogP contribution is -2.35. The van der Waals surface area contributed by atoms with Gasteiger partial charge in [-0.3, -0.25) is 5.41 Å². The van der Waals surface area contributed by atoms with E-state index in [9.17, 15) is 8.78 Å². The highest BCUT2D eigenvalue weighted by Gasteiger charge is 2.20. The summed E-state index contributed by atoms with van der Waals surface area (Å²) in [6.07, 6.45) is 2.50. The first-order valence-corrected chi connectivity index (χ1v) is 5.40. The van der Waals surface area contributed by atoms with Gasteiger partial charge in [-0.05, 0) is 31.4 Å². The number of nitrogens with one attached hydrogen (secondary N) is 1. The summed E-state index contributed by atoms with van der Waals surface area (Å²) in [5.41, 5.74) is 0.484. The second kappa shape index (κ2) is 4.20. The zero-order chi connectivity index (χ0) is 11.7. The molecule has 2 rings (SSSR count). The van der Waals surface area contributed by atoms with Gasteiger partial charge < -0.3 is 4.90 Å². The van der Waals surface area contributed by atoms with Crippen LogP contribution in [0.5, 0.6) is 0 Å². The van der Waals surface area contributed by atoms with E-state index in [2.05, 4.69) is 0 Å². The number of nitrogens with zero attached hydrogens (tertiary/aromatic N) is 1. The van der Waals surface area contributed by atoms with Crippen LogP contribution in [0.3, 0.4) is 0 Å². The molecule has 2 nitrogen and oxygen atoms in total. The molecule has 1 saturated heterocycles. The number of piperidine rings is 1. The Morgan fingerprint density at radius 3 is 2.62 bits per heavy atom. The molecule has 0 saturated carbocycles. The molecule has 1 N–H and O–H groups in total. The zero-order valence-corrected chi connectivity index (χ0v) is 9.19. The van der Waals surface area contributed by atoms with Crippen molar-refractivity contribution in [3.8, 4) is 0 Å². The van der Waals surface area contributed by atoms with Crippen LogP contribution in [0, 0.1) is 24.0 Å². The molecule has 0 spiro atoms. The van der Waals surface area contributed by atoms with Crippen molar-refractivity contribution in [2.45, 2.75) is 26.2 Å². The Morgan fingerprint density at radius 2 is 1.94 bits per heavy atom. The molecule has 16 heavy (non-hydrogen) atoms. The predicted octanol–water partition coefficient (Wildman–Crippen LogP) is 3.24. The number of aryl methyl sites for hydroxylation is 1. The van der Waals surface area contributed by atoms with E-state index in [4.69, 9.17) is 5.41 Å². The number of hydrogen-bond acceptors (Lipinski definition) is 1. The molecule has 1 aliphatic heterocycles. The third-order valence-electron chi connectivity index (χ3n) is 2.89. The molecule has 86 valence electrons. The first kappa shape index (κ1) is 11.0. The molecule has 1 aromatic rings. The van der Waals surface area contributed by atoms with Gasteiger partial charge in [0.25, 0.3) is 0 Å². The molecular weight excluding hydrogens is 210 g/mol. The van der Waals surface area contributed by atoms with Gasteiger partial charge in [0, 0.05) is 19.0 Å². The average Bonchev–Trinajstić information content (AvgIpc) is 2.25. The van der Waals surface area contributed by atoms with Crippen LogP contribution in [0.1, 0.15) is 24.8 Å². The molecule has 0 aliphatic carbocycles. The summed E-state index contributed by atoms with van der Waals surface area (Å²) in [7, 11) is 0. The van der Waals surface area contributed by atoms with Gasteiger partial charge in [0.2, 0.25) is 0 Å². The molecule has 0 aromatic heterocycles. The van der Waals surface area contributed by atoms with E-state index in [0.717, 1.165) is 12.8 Å². The van der Waals surface area contributed by atoms with Gasteiger partial charge in [0.1, 0.15) is 17.5 Å². The number of halogens is 2. The lowest BCUT2D eigenvalue weighted by atomic mass is 10.1. The van der Waals surface area contributed by atoms with E-state index < -0.39 is 11.6 Å². The van der Waals surface area contributed by atoms with Gasteiger partial charge in [-0.1, -0.05) is 0 Å². The Balaban J connectivity index is 2.39. The highest BCUT2D eigenvalue weighted by atomic mass is 19.1. The molecule has 1 fully saturated rings. The Morgan fingerprint density at radius 1 is 1.19 bits per heavy atom. The van der Waals surface area contributed by atoms with Crippen molar-refractivity contribution < 1.29 is 8.78 Å². The molecular formula is C12H14F2N2. The molecule has 4 heteroatoms. The molecule has 0 unspecified atom stereocenters. The van der Waals surface area contributed by atoms with Crippen molar-refractivity contribution >= 4 is 11.5 Å². The fourth-order valence-electron chi connectivity index (χ4n) is 1.94. The first-order valence-electron chi connectivity index (χ1n) is 5.40. The number of amidine groups is 1. The van der Waals surface area contributed by atoms with Crippen LogP contribution >= 0.6 is 0 Å². The smallest absolute Gasteiger partial charge is 0.147 e. The van der Waals surface area contributed by atoms with Gasteiger partial charge in [-0.25, -0.2) is 8.78 Å². The molecule has 0 atom stereocenters. The fourth-order valence-corrected chi connectivity index (χ4v) is 1.94. The fraction of sp³-hybridized carbons (Fsp3) is 0.417. The SMILES string of the molecule is Cc1cc(F)c(N2CCCCC2=N)cc1F. The minimum absolute atomic E-state index is 0.188. The van der Waals surface area contributed by atoms with Crippen LogP contribution in [0.4, 0.5) is 14.5 Å². The van der Waals surface area contributed by atoms with Gasteiger partial charge in [-0.15, -0.1) is 0 Å². The largest absolute Gasteiger partial charge is 0.328 e. The predicted molar refractivity (Wildman–Crippen MR) is 60.0 cm³/mol. The quantitative estimate of drug-likeness (QED) is 0.779. The van der Waals surface area contributed by atoms with Gasteiger partial charge in [-0.2, -0.15) is 0 Å². The van der Waals surface area contributed by atoms with Crippen molar-refractivity contribution in [3.63, 3.8) is 0 Å². The summed E-state index contributed by atoms with van der Waals surface area (Å²) in [4.78, 5) is 1.56. The number of rotatable bonds is 1. The monoisotopic (exact) mass is 224 g/mol. The van der Waals surface area contributed by atoms with E-state index in [1.165, 1.54) is 19.1 Å². The minimum Gasteiger partial charge on any atom is -0.328 e. The van der Waals surface area contributed by atoms with Gasteiger partial charge in [0.05, 0.1) is 5.69 Å². The second-order valence-electron chi connectivity index (χ2n) is 4.11. The summed E-state index contributed by atoms with van der Waals surface area (Å²) >= 11 is 0. The lowest BCUT2D eigenvalue weighted by Gasteiger charge is -2.29. The van der Waals surface area contributed by atoms with Crippen LogP contribution in [0.25, 0.3) is 0 Å². The summed E-state index contributed by atoms with van der Waals surface area (Å²) in [5.74, 6) is -0.506. The van der Waals surface area contributed by atoms with Crippen molar-refractivity contribution in [1.29, 1.82) is 5.41 Å². The first-order chi connectivity index (χ1) is 7.59. The normalized spacial score (nSPS) is 16.7. The van der Waals surface area contributed by atoms with Crippen LogP contribution in [-0.2, 0) is 0 Å². The molecule has 0 radical (unpaired) electrons. The summed E-state index contributed by atoms with van der Waals surface area (Å²) in [6.45, 7) is 2.13. The third-order valence-corrected chi connectivity index (χ3v) is 2.89. The molecule has 1 aromatic carbocycles. The third kappa shape index (κ3) is 1.92. The Labute approximate surface area is 93.4 Å². The Kier molecular flexibility index (Phi) is 2.90.